The zero-order chi connectivity index (χ0) is 15.5. The Morgan fingerprint density at radius 1 is 1.33 bits per heavy atom. The molecule has 0 aromatic heterocycles. The van der Waals surface area contributed by atoms with E-state index >= 15 is 0 Å². The number of amides is 1. The number of carbonyl (C=O) groups excluding carboxylic acids is 1. The Bertz CT molecular complexity index is 516. The molecular formula is C16H21NO4. The van der Waals surface area contributed by atoms with E-state index in [1.165, 1.54) is 0 Å². The summed E-state index contributed by atoms with van der Waals surface area (Å²) in [6, 6.07) is 8.65. The normalized spacial score (nSPS) is 21.0. The highest BCUT2D eigenvalue weighted by molar-refractivity contribution is 5.89. The molecule has 1 heterocycles. The summed E-state index contributed by atoms with van der Waals surface area (Å²) >= 11 is 0. The first-order chi connectivity index (χ1) is 9.99. The summed E-state index contributed by atoms with van der Waals surface area (Å²) in [5, 5.41) is 18.9. The number of aliphatic carboxylic acids is 1. The Kier molecular flexibility index (Phi) is 4.63. The monoisotopic (exact) mass is 291 g/mol. The van der Waals surface area contributed by atoms with Gasteiger partial charge in [-0.1, -0.05) is 30.3 Å². The molecule has 1 fully saturated rings. The van der Waals surface area contributed by atoms with E-state index in [1.807, 2.05) is 6.07 Å². The standard InChI is InChI=1S/C16H21NO4/c1-16(15(20)21,12-6-3-2-4-7-12)10-14(19)17-9-5-8-13(17)11-18/h2-4,6-7,13,18H,5,8-11H2,1H3,(H,20,21)/t13-,16?/m0/s1. The molecule has 21 heavy (non-hydrogen) atoms. The Labute approximate surface area is 124 Å². The lowest BCUT2D eigenvalue weighted by molar-refractivity contribution is -0.148. The van der Waals surface area contributed by atoms with Gasteiger partial charge in [0, 0.05) is 13.0 Å². The second-order valence-electron chi connectivity index (χ2n) is 5.75. The van der Waals surface area contributed by atoms with E-state index in [0.29, 0.717) is 12.1 Å². The van der Waals surface area contributed by atoms with Crippen molar-refractivity contribution < 1.29 is 19.8 Å². The number of benzene rings is 1. The van der Waals surface area contributed by atoms with Crippen molar-refractivity contribution in [1.82, 2.24) is 4.90 Å². The number of nitrogens with zero attached hydrogens (tertiary/aromatic N) is 1. The number of aliphatic hydroxyl groups excluding tert-OH is 1. The lowest BCUT2D eigenvalue weighted by atomic mass is 9.79. The van der Waals surface area contributed by atoms with E-state index in [4.69, 9.17) is 0 Å². The number of likely N-dealkylation sites (tertiary alicyclic amines) is 1. The van der Waals surface area contributed by atoms with Crippen LogP contribution in [0.25, 0.3) is 0 Å². The van der Waals surface area contributed by atoms with Crippen LogP contribution in [0.3, 0.4) is 0 Å². The van der Waals surface area contributed by atoms with Gasteiger partial charge in [0.15, 0.2) is 0 Å². The van der Waals surface area contributed by atoms with Gasteiger partial charge in [-0.15, -0.1) is 0 Å². The lowest BCUT2D eigenvalue weighted by Crippen LogP contribution is -2.43. The smallest absolute Gasteiger partial charge is 0.314 e. The van der Waals surface area contributed by atoms with E-state index in [9.17, 15) is 19.8 Å². The van der Waals surface area contributed by atoms with Crippen molar-refractivity contribution in [2.75, 3.05) is 13.2 Å². The SMILES string of the molecule is CC(CC(=O)N1CCC[C@H]1CO)(C(=O)O)c1ccccc1. The van der Waals surface area contributed by atoms with Gasteiger partial charge in [-0.3, -0.25) is 9.59 Å². The number of aliphatic hydroxyl groups is 1. The van der Waals surface area contributed by atoms with E-state index in [-0.39, 0.29) is 25.0 Å². The Morgan fingerprint density at radius 3 is 2.57 bits per heavy atom. The minimum Gasteiger partial charge on any atom is -0.481 e. The van der Waals surface area contributed by atoms with Gasteiger partial charge in [0.05, 0.1) is 18.1 Å². The first-order valence-corrected chi connectivity index (χ1v) is 7.18. The van der Waals surface area contributed by atoms with E-state index in [1.54, 1.807) is 36.1 Å². The summed E-state index contributed by atoms with van der Waals surface area (Å²) < 4.78 is 0. The molecule has 2 N–H and O–H groups in total. The Balaban J connectivity index is 2.21. The summed E-state index contributed by atoms with van der Waals surface area (Å²) in [5.41, 5.74) is -0.633. The highest BCUT2D eigenvalue weighted by Gasteiger charge is 2.40. The van der Waals surface area contributed by atoms with Gasteiger partial charge in [0.1, 0.15) is 0 Å². The van der Waals surface area contributed by atoms with Gasteiger partial charge in [-0.2, -0.15) is 0 Å². The zero-order valence-electron chi connectivity index (χ0n) is 12.2. The van der Waals surface area contributed by atoms with Gasteiger partial charge in [-0.25, -0.2) is 0 Å². The van der Waals surface area contributed by atoms with Crippen molar-refractivity contribution in [3.63, 3.8) is 0 Å². The second-order valence-corrected chi connectivity index (χ2v) is 5.75. The van der Waals surface area contributed by atoms with E-state index in [2.05, 4.69) is 0 Å². The number of carboxylic acids is 1. The molecule has 5 nitrogen and oxygen atoms in total. The van der Waals surface area contributed by atoms with Gasteiger partial charge >= 0.3 is 5.97 Å². The molecule has 0 aliphatic carbocycles. The van der Waals surface area contributed by atoms with Crippen LogP contribution in [0.2, 0.25) is 0 Å². The molecule has 1 aliphatic rings. The second kappa shape index (κ2) is 6.26. The van der Waals surface area contributed by atoms with Crippen LogP contribution in [0.5, 0.6) is 0 Å². The van der Waals surface area contributed by atoms with Crippen molar-refractivity contribution in [1.29, 1.82) is 0 Å². The number of carbonyl (C=O) groups is 2. The molecule has 1 unspecified atom stereocenters. The van der Waals surface area contributed by atoms with E-state index < -0.39 is 11.4 Å². The van der Waals surface area contributed by atoms with Crippen LogP contribution in [0.1, 0.15) is 31.7 Å². The van der Waals surface area contributed by atoms with Gasteiger partial charge in [-0.05, 0) is 25.3 Å². The van der Waals surface area contributed by atoms with Crippen molar-refractivity contribution >= 4 is 11.9 Å². The summed E-state index contributed by atoms with van der Waals surface area (Å²) in [6.45, 7) is 2.10. The lowest BCUT2D eigenvalue weighted by Gasteiger charge is -2.29. The molecule has 1 aromatic rings. The minimum atomic E-state index is -1.25. The van der Waals surface area contributed by atoms with Crippen molar-refractivity contribution in [3.8, 4) is 0 Å². The zero-order valence-corrected chi connectivity index (χ0v) is 12.2. The van der Waals surface area contributed by atoms with Crippen LogP contribution < -0.4 is 0 Å². The maximum absolute atomic E-state index is 12.5. The number of rotatable bonds is 5. The van der Waals surface area contributed by atoms with Crippen LogP contribution in [0, 0.1) is 0 Å². The molecule has 1 aromatic carbocycles. The predicted octanol–water partition coefficient (Wildman–Crippen LogP) is 1.40. The van der Waals surface area contributed by atoms with Crippen LogP contribution >= 0.6 is 0 Å². The highest BCUT2D eigenvalue weighted by Crippen LogP contribution is 2.30. The molecule has 0 radical (unpaired) electrons. The molecule has 1 amide bonds. The molecule has 2 atom stereocenters. The van der Waals surface area contributed by atoms with Gasteiger partial charge in [0.2, 0.25) is 5.91 Å². The predicted molar refractivity (Wildman–Crippen MR) is 77.9 cm³/mol. The maximum Gasteiger partial charge on any atom is 0.314 e. The van der Waals surface area contributed by atoms with Crippen molar-refractivity contribution in [3.05, 3.63) is 35.9 Å². The van der Waals surface area contributed by atoms with Crippen molar-refractivity contribution in [2.24, 2.45) is 0 Å². The van der Waals surface area contributed by atoms with E-state index in [0.717, 1.165) is 12.8 Å². The summed E-state index contributed by atoms with van der Waals surface area (Å²) in [7, 11) is 0. The van der Waals surface area contributed by atoms with Crippen LogP contribution in [-0.4, -0.2) is 46.2 Å². The van der Waals surface area contributed by atoms with Crippen LogP contribution in [0.4, 0.5) is 0 Å². The quantitative estimate of drug-likeness (QED) is 0.859. The number of carboxylic acid groups (broad SMARTS) is 1. The minimum absolute atomic E-state index is 0.0686. The molecule has 0 spiro atoms. The Hall–Kier alpha value is -1.88. The molecule has 5 heteroatoms. The number of hydrogen-bond acceptors (Lipinski definition) is 3. The average molecular weight is 291 g/mol. The fourth-order valence-electron chi connectivity index (χ4n) is 2.87. The summed E-state index contributed by atoms with van der Waals surface area (Å²) in [6.07, 6.45) is 1.53. The largest absolute Gasteiger partial charge is 0.481 e. The third-order valence-electron chi connectivity index (χ3n) is 4.30. The molecule has 0 bridgehead atoms. The maximum atomic E-state index is 12.5. The topological polar surface area (TPSA) is 77.8 Å². The third kappa shape index (κ3) is 3.08. The molecule has 1 saturated heterocycles. The van der Waals surface area contributed by atoms with Gasteiger partial charge < -0.3 is 15.1 Å². The van der Waals surface area contributed by atoms with Crippen molar-refractivity contribution in [2.45, 2.75) is 37.6 Å². The first-order valence-electron chi connectivity index (χ1n) is 7.18. The molecule has 0 saturated carbocycles. The van der Waals surface area contributed by atoms with Crippen LogP contribution in [-0.2, 0) is 15.0 Å². The fourth-order valence-corrected chi connectivity index (χ4v) is 2.87. The third-order valence-corrected chi connectivity index (χ3v) is 4.30. The molecule has 2 rings (SSSR count). The average Bonchev–Trinajstić information content (AvgIpc) is 2.96. The van der Waals surface area contributed by atoms with Crippen LogP contribution in [0.15, 0.2) is 30.3 Å². The highest BCUT2D eigenvalue weighted by atomic mass is 16.4. The summed E-state index contributed by atoms with van der Waals surface area (Å²) in [4.78, 5) is 25.8. The Morgan fingerprint density at radius 2 is 2.00 bits per heavy atom. The summed E-state index contributed by atoms with van der Waals surface area (Å²) in [5.74, 6) is -1.22. The number of hydrogen-bond donors (Lipinski definition) is 2. The van der Waals surface area contributed by atoms with Gasteiger partial charge in [0.25, 0.3) is 0 Å². The first kappa shape index (κ1) is 15.5. The fraction of sp³-hybridized carbons (Fsp3) is 0.500. The molecule has 1 aliphatic heterocycles. The molecular weight excluding hydrogens is 270 g/mol. The molecule has 114 valence electrons.